The Morgan fingerprint density at radius 2 is 1.93 bits per heavy atom. The van der Waals surface area contributed by atoms with E-state index in [-0.39, 0.29) is 16.3 Å². The molecule has 0 unspecified atom stereocenters. The van der Waals surface area contributed by atoms with Crippen LogP contribution in [0.1, 0.15) is 15.9 Å². The van der Waals surface area contributed by atoms with Crippen molar-refractivity contribution in [2.45, 2.75) is 10.1 Å². The molecule has 0 saturated heterocycles. The average molecular weight is 455 g/mol. The fourth-order valence-corrected chi connectivity index (χ4v) is 4.64. The fraction of sp³-hybridized carbons (Fsp3) is 0.118. The molecule has 1 aromatic heterocycles. The Morgan fingerprint density at radius 1 is 1.18 bits per heavy atom. The molecule has 1 heterocycles. The molecular weight excluding hydrogens is 440 g/mol. The Kier molecular flexibility index (Phi) is 6.55. The molecule has 28 heavy (non-hydrogen) atoms. The number of thioether (sulfide) groups is 1. The van der Waals surface area contributed by atoms with Crippen molar-refractivity contribution in [3.05, 3.63) is 64.7 Å². The third-order valence-corrected chi connectivity index (χ3v) is 6.32. The van der Waals surface area contributed by atoms with E-state index in [1.165, 1.54) is 46.9 Å². The van der Waals surface area contributed by atoms with Crippen molar-refractivity contribution in [3.8, 4) is 0 Å². The van der Waals surface area contributed by atoms with Crippen molar-refractivity contribution < 1.29 is 13.2 Å². The molecule has 3 aromatic rings. The first kappa shape index (κ1) is 20.6. The zero-order valence-corrected chi connectivity index (χ0v) is 17.8. The molecule has 1 amide bonds. The monoisotopic (exact) mass is 454 g/mol. The predicted octanol–water partition coefficient (Wildman–Crippen LogP) is 4.11. The first-order valence-corrected chi connectivity index (χ1v) is 12.0. The van der Waals surface area contributed by atoms with Gasteiger partial charge in [-0.15, -0.1) is 10.2 Å². The van der Waals surface area contributed by atoms with Gasteiger partial charge in [-0.25, -0.2) is 8.42 Å². The maximum atomic E-state index is 12.4. The molecule has 0 aliphatic heterocycles. The van der Waals surface area contributed by atoms with Gasteiger partial charge < -0.3 is 0 Å². The number of sulfonamides is 1. The molecule has 7 nitrogen and oxygen atoms in total. The second-order valence-electron chi connectivity index (χ2n) is 5.67. The van der Waals surface area contributed by atoms with Crippen LogP contribution in [0.4, 0.5) is 10.8 Å². The minimum atomic E-state index is -3.52. The molecule has 0 aliphatic carbocycles. The molecule has 0 aliphatic rings. The predicted molar refractivity (Wildman–Crippen MR) is 114 cm³/mol. The van der Waals surface area contributed by atoms with Crippen LogP contribution in [0.2, 0.25) is 5.02 Å². The maximum absolute atomic E-state index is 12.4. The molecule has 3 rings (SSSR count). The zero-order valence-electron chi connectivity index (χ0n) is 14.5. The van der Waals surface area contributed by atoms with Crippen LogP contribution in [0, 0.1) is 0 Å². The molecule has 0 bridgehead atoms. The van der Waals surface area contributed by atoms with E-state index in [0.29, 0.717) is 5.13 Å². The van der Waals surface area contributed by atoms with Gasteiger partial charge in [-0.2, -0.15) is 0 Å². The Balaban J connectivity index is 1.65. The Bertz CT molecular complexity index is 1090. The van der Waals surface area contributed by atoms with Gasteiger partial charge in [0.25, 0.3) is 5.91 Å². The smallest absolute Gasteiger partial charge is 0.257 e. The van der Waals surface area contributed by atoms with Gasteiger partial charge in [0.1, 0.15) is 0 Å². The molecule has 146 valence electrons. The molecule has 0 atom stereocenters. The van der Waals surface area contributed by atoms with E-state index < -0.39 is 15.9 Å². The Hall–Kier alpha value is -2.14. The van der Waals surface area contributed by atoms with Crippen LogP contribution in [0.3, 0.4) is 0 Å². The summed E-state index contributed by atoms with van der Waals surface area (Å²) in [6.45, 7) is 0. The molecule has 2 aromatic carbocycles. The molecular formula is C17H15ClN4O3S3. The largest absolute Gasteiger partial charge is 0.296 e. The normalized spacial score (nSPS) is 11.2. The number of carbonyl (C=O) groups is 1. The second kappa shape index (κ2) is 8.91. The molecule has 11 heteroatoms. The highest BCUT2D eigenvalue weighted by atomic mass is 35.5. The molecule has 0 spiro atoms. The maximum Gasteiger partial charge on any atom is 0.257 e. The van der Waals surface area contributed by atoms with Gasteiger partial charge >= 0.3 is 0 Å². The number of amides is 1. The van der Waals surface area contributed by atoms with Gasteiger partial charge in [-0.3, -0.25) is 14.8 Å². The van der Waals surface area contributed by atoms with Gasteiger partial charge in [0.2, 0.25) is 15.2 Å². The molecule has 0 saturated carbocycles. The van der Waals surface area contributed by atoms with Crippen molar-refractivity contribution in [1.82, 2.24) is 10.2 Å². The number of nitrogens with zero attached hydrogens (tertiary/aromatic N) is 2. The van der Waals surface area contributed by atoms with Crippen LogP contribution in [0.5, 0.6) is 0 Å². The van der Waals surface area contributed by atoms with Crippen LogP contribution >= 0.6 is 34.7 Å². The van der Waals surface area contributed by atoms with Crippen LogP contribution in [0.25, 0.3) is 0 Å². The van der Waals surface area contributed by atoms with Gasteiger partial charge in [-0.1, -0.05) is 65.0 Å². The Labute approximate surface area is 175 Å². The summed E-state index contributed by atoms with van der Waals surface area (Å²) in [5.41, 5.74) is 1.54. The van der Waals surface area contributed by atoms with E-state index in [0.717, 1.165) is 16.3 Å². The first-order valence-electron chi connectivity index (χ1n) is 7.89. The fourth-order valence-electron chi connectivity index (χ4n) is 2.15. The number of aromatic nitrogens is 2. The standard InChI is InChI=1S/C17H15ClN4O3S3/c1-28(24,25)22-14-9-12(7-8-13(14)18)15(23)19-16-20-21-17(27-16)26-10-11-5-3-2-4-6-11/h2-9,22H,10H2,1H3,(H,19,20,23). The van der Waals surface area contributed by atoms with E-state index in [2.05, 4.69) is 20.2 Å². The third kappa shape index (κ3) is 5.93. The van der Waals surface area contributed by atoms with Gasteiger partial charge in [0.15, 0.2) is 4.34 Å². The topological polar surface area (TPSA) is 101 Å². The van der Waals surface area contributed by atoms with Crippen LogP contribution in [-0.4, -0.2) is 30.8 Å². The van der Waals surface area contributed by atoms with Crippen LogP contribution in [0.15, 0.2) is 52.9 Å². The molecule has 0 fully saturated rings. The van der Waals surface area contributed by atoms with Gasteiger partial charge in [0.05, 0.1) is 17.0 Å². The highest BCUT2D eigenvalue weighted by molar-refractivity contribution is 8.00. The summed E-state index contributed by atoms with van der Waals surface area (Å²) in [6, 6.07) is 14.3. The minimum Gasteiger partial charge on any atom is -0.296 e. The van der Waals surface area contributed by atoms with Crippen molar-refractivity contribution >= 4 is 61.4 Å². The lowest BCUT2D eigenvalue weighted by Crippen LogP contribution is -2.14. The summed E-state index contributed by atoms with van der Waals surface area (Å²) < 4.78 is 25.8. The van der Waals surface area contributed by atoms with Gasteiger partial charge in [0, 0.05) is 11.3 Å². The van der Waals surface area contributed by atoms with Crippen molar-refractivity contribution in [2.75, 3.05) is 16.3 Å². The number of nitrogens with one attached hydrogen (secondary N) is 2. The Morgan fingerprint density at radius 3 is 2.64 bits per heavy atom. The number of halogens is 1. The van der Waals surface area contributed by atoms with E-state index in [1.807, 2.05) is 30.3 Å². The lowest BCUT2D eigenvalue weighted by molar-refractivity contribution is 0.102. The second-order valence-corrected chi connectivity index (χ2v) is 10.0. The lowest BCUT2D eigenvalue weighted by atomic mass is 10.2. The third-order valence-electron chi connectivity index (χ3n) is 3.36. The lowest BCUT2D eigenvalue weighted by Gasteiger charge is -2.08. The van der Waals surface area contributed by atoms with Crippen LogP contribution < -0.4 is 10.0 Å². The van der Waals surface area contributed by atoms with Crippen LogP contribution in [-0.2, 0) is 15.8 Å². The number of anilines is 2. The average Bonchev–Trinajstić information content (AvgIpc) is 3.09. The quantitative estimate of drug-likeness (QED) is 0.411. The summed E-state index contributed by atoms with van der Waals surface area (Å²) in [5.74, 6) is 0.310. The number of hydrogen-bond acceptors (Lipinski definition) is 7. The SMILES string of the molecule is CS(=O)(=O)Nc1cc(C(=O)Nc2nnc(SCc3ccccc3)s2)ccc1Cl. The molecule has 0 radical (unpaired) electrons. The van der Waals surface area contributed by atoms with Crippen molar-refractivity contribution in [2.24, 2.45) is 0 Å². The number of rotatable bonds is 7. The zero-order chi connectivity index (χ0) is 20.1. The van der Waals surface area contributed by atoms with E-state index in [4.69, 9.17) is 11.6 Å². The van der Waals surface area contributed by atoms with E-state index in [1.54, 1.807) is 0 Å². The summed E-state index contributed by atoms with van der Waals surface area (Å²) >= 11 is 8.77. The summed E-state index contributed by atoms with van der Waals surface area (Å²) in [7, 11) is -3.52. The summed E-state index contributed by atoms with van der Waals surface area (Å²) in [5, 5.41) is 11.2. The summed E-state index contributed by atoms with van der Waals surface area (Å²) in [6.07, 6.45) is 1.01. The van der Waals surface area contributed by atoms with Gasteiger partial charge in [-0.05, 0) is 23.8 Å². The highest BCUT2D eigenvalue weighted by Crippen LogP contribution is 2.29. The number of benzene rings is 2. The number of hydrogen-bond donors (Lipinski definition) is 2. The van der Waals surface area contributed by atoms with Crippen molar-refractivity contribution in [1.29, 1.82) is 0 Å². The van der Waals surface area contributed by atoms with Crippen molar-refractivity contribution in [3.63, 3.8) is 0 Å². The first-order chi connectivity index (χ1) is 13.3. The summed E-state index contributed by atoms with van der Waals surface area (Å²) in [4.78, 5) is 12.4. The van der Waals surface area contributed by atoms with E-state index in [9.17, 15) is 13.2 Å². The number of carbonyl (C=O) groups excluding carboxylic acids is 1. The molecule has 2 N–H and O–H groups in total. The highest BCUT2D eigenvalue weighted by Gasteiger charge is 2.14. The minimum absolute atomic E-state index is 0.133. The van der Waals surface area contributed by atoms with E-state index >= 15 is 0 Å².